The van der Waals surface area contributed by atoms with E-state index in [1.807, 2.05) is 13.0 Å². The lowest BCUT2D eigenvalue weighted by Crippen LogP contribution is -2.58. The van der Waals surface area contributed by atoms with Crippen LogP contribution >= 0.6 is 0 Å². The minimum absolute atomic E-state index is 0.152. The Morgan fingerprint density at radius 1 is 1.37 bits per heavy atom. The Hall–Kier alpha value is -2.24. The number of urea groups is 1. The Balaban J connectivity index is 1.88. The number of rotatable bonds is 2. The molecule has 2 heterocycles. The van der Waals surface area contributed by atoms with E-state index < -0.39 is 17.4 Å². The Morgan fingerprint density at radius 2 is 2.11 bits per heavy atom. The van der Waals surface area contributed by atoms with Crippen LogP contribution in [0.3, 0.4) is 0 Å². The first kappa shape index (κ1) is 11.8. The minimum atomic E-state index is -0.982. The lowest BCUT2D eigenvalue weighted by Gasteiger charge is -2.30. The molecule has 2 fully saturated rings. The zero-order valence-corrected chi connectivity index (χ0v) is 10.5. The smallest absolute Gasteiger partial charge is 0.277 e. The molecule has 1 N–H and O–H groups in total. The summed E-state index contributed by atoms with van der Waals surface area (Å²) in [7, 11) is 0. The molecular formula is C13H13N3O3. The number of imide groups is 2. The van der Waals surface area contributed by atoms with Crippen molar-refractivity contribution in [2.45, 2.75) is 26.3 Å². The summed E-state index contributed by atoms with van der Waals surface area (Å²) in [5.74, 6) is -0.842. The van der Waals surface area contributed by atoms with Crippen molar-refractivity contribution in [3.63, 3.8) is 0 Å². The number of barbiturate groups is 1. The van der Waals surface area contributed by atoms with Crippen LogP contribution in [-0.2, 0) is 16.1 Å². The molecule has 4 amide bonds. The van der Waals surface area contributed by atoms with Gasteiger partial charge in [-0.25, -0.2) is 4.79 Å². The van der Waals surface area contributed by atoms with E-state index in [9.17, 15) is 14.4 Å². The quantitative estimate of drug-likeness (QED) is 0.795. The van der Waals surface area contributed by atoms with Crippen LogP contribution in [0.2, 0.25) is 0 Å². The molecule has 0 bridgehead atoms. The summed E-state index contributed by atoms with van der Waals surface area (Å²) in [5, 5.41) is 2.26. The summed E-state index contributed by atoms with van der Waals surface area (Å²) in [6.45, 7) is 2.04. The topological polar surface area (TPSA) is 79.4 Å². The van der Waals surface area contributed by atoms with Crippen molar-refractivity contribution in [3.8, 4) is 0 Å². The summed E-state index contributed by atoms with van der Waals surface area (Å²) in [6.07, 6.45) is 4.33. The maximum Gasteiger partial charge on any atom is 0.331 e. The molecule has 2 aliphatic rings. The van der Waals surface area contributed by atoms with Gasteiger partial charge in [0.1, 0.15) is 5.41 Å². The van der Waals surface area contributed by atoms with E-state index in [4.69, 9.17) is 0 Å². The van der Waals surface area contributed by atoms with Crippen molar-refractivity contribution in [1.82, 2.24) is 15.2 Å². The van der Waals surface area contributed by atoms with Gasteiger partial charge in [-0.15, -0.1) is 0 Å². The van der Waals surface area contributed by atoms with Crippen molar-refractivity contribution in [2.75, 3.05) is 0 Å². The molecule has 98 valence electrons. The Morgan fingerprint density at radius 3 is 2.74 bits per heavy atom. The SMILES string of the molecule is Cc1ccncc1CN1C(=O)NC(=O)C2(CC2)C1=O. The molecule has 0 radical (unpaired) electrons. The lowest BCUT2D eigenvalue weighted by atomic mass is 10.0. The van der Waals surface area contributed by atoms with Crippen LogP contribution in [-0.4, -0.2) is 27.7 Å². The summed E-state index contributed by atoms with van der Waals surface area (Å²) in [6, 6.07) is 1.18. The Bertz CT molecular complexity index is 593. The third-order valence-corrected chi connectivity index (χ3v) is 3.78. The van der Waals surface area contributed by atoms with Gasteiger partial charge in [-0.1, -0.05) is 0 Å². The highest BCUT2D eigenvalue weighted by molar-refractivity contribution is 6.20. The number of amides is 4. The first-order valence-electron chi connectivity index (χ1n) is 6.11. The van der Waals surface area contributed by atoms with Crippen LogP contribution in [0.5, 0.6) is 0 Å². The highest BCUT2D eigenvalue weighted by Gasteiger charge is 2.62. The fourth-order valence-electron chi connectivity index (χ4n) is 2.27. The van der Waals surface area contributed by atoms with E-state index in [2.05, 4.69) is 10.3 Å². The number of nitrogens with zero attached hydrogens (tertiary/aromatic N) is 2. The minimum Gasteiger partial charge on any atom is -0.277 e. The zero-order chi connectivity index (χ0) is 13.6. The fourth-order valence-corrected chi connectivity index (χ4v) is 2.27. The second kappa shape index (κ2) is 3.88. The molecule has 1 aliphatic heterocycles. The van der Waals surface area contributed by atoms with Crippen LogP contribution in [0.1, 0.15) is 24.0 Å². The normalized spacial score (nSPS) is 20.7. The van der Waals surface area contributed by atoms with E-state index in [0.717, 1.165) is 16.0 Å². The number of pyridine rings is 1. The average molecular weight is 259 g/mol. The predicted octanol–water partition coefficient (Wildman–Crippen LogP) is 0.749. The molecule has 0 aromatic carbocycles. The lowest BCUT2D eigenvalue weighted by molar-refractivity contribution is -0.145. The van der Waals surface area contributed by atoms with E-state index in [0.29, 0.717) is 12.8 Å². The van der Waals surface area contributed by atoms with Crippen molar-refractivity contribution < 1.29 is 14.4 Å². The molecule has 1 saturated carbocycles. The fraction of sp³-hybridized carbons (Fsp3) is 0.385. The van der Waals surface area contributed by atoms with Crippen molar-refractivity contribution in [1.29, 1.82) is 0 Å². The van der Waals surface area contributed by atoms with Crippen molar-refractivity contribution >= 4 is 17.8 Å². The number of carbonyl (C=O) groups excluding carboxylic acids is 3. The monoisotopic (exact) mass is 259 g/mol. The molecule has 6 heteroatoms. The van der Waals surface area contributed by atoms with Gasteiger partial charge in [0.15, 0.2) is 0 Å². The van der Waals surface area contributed by atoms with E-state index in [-0.39, 0.29) is 12.5 Å². The average Bonchev–Trinajstić information content (AvgIpc) is 3.16. The van der Waals surface area contributed by atoms with Gasteiger partial charge in [-0.2, -0.15) is 0 Å². The van der Waals surface area contributed by atoms with Gasteiger partial charge in [0.05, 0.1) is 6.54 Å². The number of hydrogen-bond acceptors (Lipinski definition) is 4. The van der Waals surface area contributed by atoms with Crippen LogP contribution in [0.4, 0.5) is 4.79 Å². The van der Waals surface area contributed by atoms with Gasteiger partial charge in [0, 0.05) is 12.4 Å². The molecule has 1 aromatic rings. The number of hydrogen-bond donors (Lipinski definition) is 1. The summed E-state index contributed by atoms with van der Waals surface area (Å²) < 4.78 is 0. The van der Waals surface area contributed by atoms with Gasteiger partial charge in [0.2, 0.25) is 11.8 Å². The molecule has 0 unspecified atom stereocenters. The van der Waals surface area contributed by atoms with Gasteiger partial charge >= 0.3 is 6.03 Å². The van der Waals surface area contributed by atoms with Crippen LogP contribution in [0.15, 0.2) is 18.5 Å². The third-order valence-electron chi connectivity index (χ3n) is 3.78. The largest absolute Gasteiger partial charge is 0.331 e. The molecule has 1 saturated heterocycles. The second-order valence-corrected chi connectivity index (χ2v) is 5.03. The Labute approximate surface area is 109 Å². The van der Waals surface area contributed by atoms with E-state index in [1.165, 1.54) is 0 Å². The summed E-state index contributed by atoms with van der Waals surface area (Å²) in [5.41, 5.74) is 0.776. The molecule has 3 rings (SSSR count). The first-order valence-corrected chi connectivity index (χ1v) is 6.11. The number of nitrogens with one attached hydrogen (secondary N) is 1. The van der Waals surface area contributed by atoms with E-state index >= 15 is 0 Å². The Kier molecular flexibility index (Phi) is 2.41. The molecule has 6 nitrogen and oxygen atoms in total. The van der Waals surface area contributed by atoms with Crippen LogP contribution < -0.4 is 5.32 Å². The highest BCUT2D eigenvalue weighted by Crippen LogP contribution is 2.49. The molecule has 1 aliphatic carbocycles. The summed E-state index contributed by atoms with van der Waals surface area (Å²) >= 11 is 0. The van der Waals surface area contributed by atoms with Gasteiger partial charge in [0.25, 0.3) is 0 Å². The van der Waals surface area contributed by atoms with Crippen molar-refractivity contribution in [2.24, 2.45) is 5.41 Å². The molecule has 19 heavy (non-hydrogen) atoms. The maximum atomic E-state index is 12.3. The van der Waals surface area contributed by atoms with Gasteiger partial charge < -0.3 is 0 Å². The maximum absolute atomic E-state index is 12.3. The molecule has 1 aromatic heterocycles. The highest BCUT2D eigenvalue weighted by atomic mass is 16.2. The van der Waals surface area contributed by atoms with Crippen LogP contribution in [0, 0.1) is 12.3 Å². The van der Waals surface area contributed by atoms with Gasteiger partial charge in [-0.3, -0.25) is 24.8 Å². The van der Waals surface area contributed by atoms with E-state index in [1.54, 1.807) is 12.4 Å². The first-order chi connectivity index (χ1) is 9.04. The molecular weight excluding hydrogens is 246 g/mol. The van der Waals surface area contributed by atoms with Crippen molar-refractivity contribution in [3.05, 3.63) is 29.6 Å². The molecule has 1 spiro atoms. The third kappa shape index (κ3) is 1.71. The zero-order valence-electron chi connectivity index (χ0n) is 10.5. The standard InChI is InChI=1S/C13H13N3O3/c1-8-2-5-14-6-9(8)7-16-11(18)13(3-4-13)10(17)15-12(16)19/h2,5-6H,3-4,7H2,1H3,(H,15,17,19). The number of aryl methyl sites for hydroxylation is 1. The van der Waals surface area contributed by atoms with Gasteiger partial charge in [-0.05, 0) is 37.0 Å². The van der Waals surface area contributed by atoms with Crippen LogP contribution in [0.25, 0.3) is 0 Å². The summed E-state index contributed by atoms with van der Waals surface area (Å²) in [4.78, 5) is 40.8. The predicted molar refractivity (Wildman–Crippen MR) is 64.7 cm³/mol. The molecule has 0 atom stereocenters. The number of aromatic nitrogens is 1. The number of carbonyl (C=O) groups is 3. The second-order valence-electron chi connectivity index (χ2n) is 5.03.